The normalized spacial score (nSPS) is 9.82. The summed E-state index contributed by atoms with van der Waals surface area (Å²) in [6.07, 6.45) is 8.71. The quantitative estimate of drug-likeness (QED) is 0.411. The van der Waals surface area contributed by atoms with Gasteiger partial charge in [-0.25, -0.2) is 0 Å². The van der Waals surface area contributed by atoms with E-state index in [0.29, 0.717) is 12.2 Å². The summed E-state index contributed by atoms with van der Waals surface area (Å²) in [5.41, 5.74) is 0.589. The van der Waals surface area contributed by atoms with Crippen LogP contribution in [-0.4, -0.2) is 24.8 Å². The topological polar surface area (TPSA) is 55.4 Å². The van der Waals surface area contributed by atoms with Gasteiger partial charge in [-0.1, -0.05) is 25.7 Å². The van der Waals surface area contributed by atoms with Crippen LogP contribution in [0, 0.1) is 12.3 Å². The van der Waals surface area contributed by atoms with Crippen LogP contribution in [0.1, 0.15) is 49.4 Å². The fourth-order valence-corrected chi connectivity index (χ4v) is 1.89. The highest BCUT2D eigenvalue weighted by Crippen LogP contribution is 2.14. The summed E-state index contributed by atoms with van der Waals surface area (Å²) >= 11 is 0. The standard InChI is InChI=1S/C18H23NO3/c1-3-5-6-14-22-16-9-7-15(8-10-16)17(20)11-12-18(21)19-13-4-2/h2,7-10H,3,5-6,11-14H2,1H3,(H,19,21). The van der Waals surface area contributed by atoms with Crippen molar-refractivity contribution in [2.45, 2.75) is 39.0 Å². The molecule has 0 aliphatic heterocycles. The highest BCUT2D eigenvalue weighted by molar-refractivity contribution is 5.98. The summed E-state index contributed by atoms with van der Waals surface area (Å²) < 4.78 is 5.59. The molecule has 1 rings (SSSR count). The number of amides is 1. The molecule has 0 bridgehead atoms. The van der Waals surface area contributed by atoms with E-state index < -0.39 is 0 Å². The molecule has 0 fully saturated rings. The summed E-state index contributed by atoms with van der Waals surface area (Å²) in [5, 5.41) is 2.53. The van der Waals surface area contributed by atoms with Gasteiger partial charge in [0.15, 0.2) is 5.78 Å². The molecule has 1 aromatic carbocycles. The highest BCUT2D eigenvalue weighted by atomic mass is 16.5. The minimum atomic E-state index is -0.206. The number of benzene rings is 1. The molecule has 4 nitrogen and oxygen atoms in total. The molecule has 1 amide bonds. The summed E-state index contributed by atoms with van der Waals surface area (Å²) in [5.74, 6) is 2.81. The summed E-state index contributed by atoms with van der Waals surface area (Å²) in [4.78, 5) is 23.4. The number of rotatable bonds is 10. The molecule has 0 aliphatic carbocycles. The van der Waals surface area contributed by atoms with Crippen molar-refractivity contribution in [1.82, 2.24) is 5.32 Å². The average Bonchev–Trinajstić information content (AvgIpc) is 2.55. The van der Waals surface area contributed by atoms with E-state index in [2.05, 4.69) is 18.2 Å². The van der Waals surface area contributed by atoms with Crippen molar-refractivity contribution in [3.8, 4) is 18.1 Å². The number of terminal acetylenes is 1. The minimum Gasteiger partial charge on any atom is -0.494 e. The Morgan fingerprint density at radius 1 is 1.18 bits per heavy atom. The van der Waals surface area contributed by atoms with Crippen LogP contribution < -0.4 is 10.1 Å². The molecule has 22 heavy (non-hydrogen) atoms. The first-order valence-electron chi connectivity index (χ1n) is 7.63. The van der Waals surface area contributed by atoms with Crippen LogP contribution in [-0.2, 0) is 4.79 Å². The molecule has 0 aromatic heterocycles. The SMILES string of the molecule is C#CCNC(=O)CCC(=O)c1ccc(OCCCCC)cc1. The fraction of sp³-hybridized carbons (Fsp3) is 0.444. The maximum atomic E-state index is 12.0. The number of ether oxygens (including phenoxy) is 1. The van der Waals surface area contributed by atoms with E-state index in [1.165, 1.54) is 0 Å². The smallest absolute Gasteiger partial charge is 0.221 e. The molecule has 1 aromatic rings. The zero-order valence-corrected chi connectivity index (χ0v) is 13.1. The number of hydrogen-bond acceptors (Lipinski definition) is 3. The molecule has 0 atom stereocenters. The molecule has 0 radical (unpaired) electrons. The monoisotopic (exact) mass is 301 g/mol. The number of unbranched alkanes of at least 4 members (excludes halogenated alkanes) is 2. The van der Waals surface area contributed by atoms with E-state index >= 15 is 0 Å². The van der Waals surface area contributed by atoms with Gasteiger partial charge in [0.1, 0.15) is 5.75 Å². The first kappa shape index (κ1) is 17.8. The Morgan fingerprint density at radius 3 is 2.55 bits per heavy atom. The number of hydrogen-bond donors (Lipinski definition) is 1. The number of ketones is 1. The zero-order valence-electron chi connectivity index (χ0n) is 13.1. The first-order chi connectivity index (χ1) is 10.7. The lowest BCUT2D eigenvalue weighted by Gasteiger charge is -2.06. The van der Waals surface area contributed by atoms with Crippen molar-refractivity contribution in [2.24, 2.45) is 0 Å². The molecule has 4 heteroatoms. The second kappa shape index (κ2) is 10.4. The van der Waals surface area contributed by atoms with Crippen LogP contribution in [0.3, 0.4) is 0 Å². The molecule has 0 aliphatic rings. The van der Waals surface area contributed by atoms with E-state index in [1.54, 1.807) is 24.3 Å². The summed E-state index contributed by atoms with van der Waals surface area (Å²) in [7, 11) is 0. The lowest BCUT2D eigenvalue weighted by molar-refractivity contribution is -0.120. The predicted molar refractivity (Wildman–Crippen MR) is 86.9 cm³/mol. The Labute approximate surface area is 132 Å². The molecular formula is C18H23NO3. The van der Waals surface area contributed by atoms with Crippen LogP contribution in [0.2, 0.25) is 0 Å². The number of nitrogens with one attached hydrogen (secondary N) is 1. The van der Waals surface area contributed by atoms with Crippen molar-refractivity contribution in [1.29, 1.82) is 0 Å². The lowest BCUT2D eigenvalue weighted by atomic mass is 10.1. The Hall–Kier alpha value is -2.28. The minimum absolute atomic E-state index is 0.0617. The molecule has 0 saturated heterocycles. The Morgan fingerprint density at radius 2 is 1.91 bits per heavy atom. The van der Waals surface area contributed by atoms with Gasteiger partial charge >= 0.3 is 0 Å². The maximum absolute atomic E-state index is 12.0. The second-order valence-corrected chi connectivity index (χ2v) is 4.98. The van der Waals surface area contributed by atoms with E-state index in [-0.39, 0.29) is 31.1 Å². The van der Waals surface area contributed by atoms with E-state index in [0.717, 1.165) is 25.0 Å². The largest absolute Gasteiger partial charge is 0.494 e. The van der Waals surface area contributed by atoms with Crippen LogP contribution in [0.25, 0.3) is 0 Å². The highest BCUT2D eigenvalue weighted by Gasteiger charge is 2.09. The van der Waals surface area contributed by atoms with Gasteiger partial charge in [-0.3, -0.25) is 9.59 Å². The van der Waals surface area contributed by atoms with E-state index in [9.17, 15) is 9.59 Å². The third-order valence-electron chi connectivity index (χ3n) is 3.16. The summed E-state index contributed by atoms with van der Waals surface area (Å²) in [6.45, 7) is 3.03. The first-order valence-corrected chi connectivity index (χ1v) is 7.63. The van der Waals surface area contributed by atoms with E-state index in [4.69, 9.17) is 11.2 Å². The second-order valence-electron chi connectivity index (χ2n) is 4.98. The van der Waals surface area contributed by atoms with Crippen molar-refractivity contribution < 1.29 is 14.3 Å². The van der Waals surface area contributed by atoms with Gasteiger partial charge in [0.2, 0.25) is 5.91 Å². The molecule has 0 heterocycles. The zero-order chi connectivity index (χ0) is 16.2. The lowest BCUT2D eigenvalue weighted by Crippen LogP contribution is -2.23. The third kappa shape index (κ3) is 6.94. The van der Waals surface area contributed by atoms with Gasteiger partial charge in [0, 0.05) is 18.4 Å². The fourth-order valence-electron chi connectivity index (χ4n) is 1.89. The molecule has 0 saturated carbocycles. The Kier molecular flexibility index (Phi) is 8.44. The van der Waals surface area contributed by atoms with Gasteiger partial charge in [0.25, 0.3) is 0 Å². The molecule has 0 unspecified atom stereocenters. The average molecular weight is 301 g/mol. The van der Waals surface area contributed by atoms with Gasteiger partial charge in [-0.15, -0.1) is 6.42 Å². The summed E-state index contributed by atoms with van der Waals surface area (Å²) in [6, 6.07) is 7.04. The van der Waals surface area contributed by atoms with Crippen LogP contribution >= 0.6 is 0 Å². The van der Waals surface area contributed by atoms with Crippen molar-refractivity contribution in [3.63, 3.8) is 0 Å². The molecular weight excluding hydrogens is 278 g/mol. The number of Topliss-reactive ketones (excluding diaryl/α,β-unsaturated/α-hetero) is 1. The van der Waals surface area contributed by atoms with Crippen LogP contribution in [0.5, 0.6) is 5.75 Å². The van der Waals surface area contributed by atoms with Crippen LogP contribution in [0.4, 0.5) is 0 Å². The van der Waals surface area contributed by atoms with E-state index in [1.807, 2.05) is 0 Å². The predicted octanol–water partition coefficient (Wildman–Crippen LogP) is 2.97. The van der Waals surface area contributed by atoms with Gasteiger partial charge in [-0.2, -0.15) is 0 Å². The van der Waals surface area contributed by atoms with Gasteiger partial charge in [0.05, 0.1) is 13.2 Å². The number of carbonyl (C=O) groups is 2. The van der Waals surface area contributed by atoms with Gasteiger partial charge in [-0.05, 0) is 30.7 Å². The third-order valence-corrected chi connectivity index (χ3v) is 3.16. The number of carbonyl (C=O) groups excluding carboxylic acids is 2. The van der Waals surface area contributed by atoms with Crippen molar-refractivity contribution in [2.75, 3.05) is 13.2 Å². The molecule has 118 valence electrons. The van der Waals surface area contributed by atoms with Crippen molar-refractivity contribution >= 4 is 11.7 Å². The van der Waals surface area contributed by atoms with Crippen molar-refractivity contribution in [3.05, 3.63) is 29.8 Å². The van der Waals surface area contributed by atoms with Crippen LogP contribution in [0.15, 0.2) is 24.3 Å². The molecule has 0 spiro atoms. The Bertz CT molecular complexity index is 514. The Balaban J connectivity index is 2.37. The molecule has 1 N–H and O–H groups in total. The maximum Gasteiger partial charge on any atom is 0.221 e. The van der Waals surface area contributed by atoms with Gasteiger partial charge < -0.3 is 10.1 Å².